The summed E-state index contributed by atoms with van der Waals surface area (Å²) >= 11 is 27.1. The molecule has 2 aromatic rings. The highest BCUT2D eigenvalue weighted by Crippen LogP contribution is 2.32. The van der Waals surface area contributed by atoms with E-state index in [0.29, 0.717) is 20.1 Å². The second-order valence-electron chi connectivity index (χ2n) is 3.70. The average molecular weight is 399 g/mol. The van der Waals surface area contributed by atoms with Crippen LogP contribution < -0.4 is 0 Å². The minimum Gasteiger partial charge on any atom is -0.288 e. The summed E-state index contributed by atoms with van der Waals surface area (Å²) in [4.78, 5) is 12.4. The van der Waals surface area contributed by atoms with Crippen molar-refractivity contribution in [2.75, 3.05) is 0 Å². The second kappa shape index (κ2) is 6.02. The van der Waals surface area contributed by atoms with E-state index < -0.39 is 0 Å². The van der Waals surface area contributed by atoms with Gasteiger partial charge in [-0.1, -0.05) is 46.4 Å². The third-order valence-corrected chi connectivity index (χ3v) is 4.46. The topological polar surface area (TPSA) is 17.1 Å². The van der Waals surface area contributed by atoms with Crippen molar-refractivity contribution in [2.24, 2.45) is 0 Å². The zero-order valence-electron chi connectivity index (χ0n) is 9.18. The van der Waals surface area contributed by atoms with Gasteiger partial charge in [-0.2, -0.15) is 0 Å². The molecule has 0 radical (unpaired) electrons. The Bertz CT molecular complexity index is 647. The van der Waals surface area contributed by atoms with Crippen molar-refractivity contribution in [1.29, 1.82) is 0 Å². The van der Waals surface area contributed by atoms with Gasteiger partial charge in [-0.05, 0) is 46.3 Å². The monoisotopic (exact) mass is 396 g/mol. The molecular weight excluding hydrogens is 394 g/mol. The molecular formula is C13H5BrCl4O. The molecule has 0 atom stereocenters. The number of benzene rings is 2. The lowest BCUT2D eigenvalue weighted by Crippen LogP contribution is -2.03. The first-order valence-electron chi connectivity index (χ1n) is 5.04. The fraction of sp³-hybridized carbons (Fsp3) is 0. The van der Waals surface area contributed by atoms with Crippen LogP contribution in [0.1, 0.15) is 15.9 Å². The SMILES string of the molecule is O=C(c1ccc(Br)c(Cl)c1)c1c(Cl)cc(Cl)cc1Cl. The molecule has 0 fully saturated rings. The lowest BCUT2D eigenvalue weighted by atomic mass is 10.0. The highest BCUT2D eigenvalue weighted by atomic mass is 79.9. The van der Waals surface area contributed by atoms with E-state index in [9.17, 15) is 4.79 Å². The lowest BCUT2D eigenvalue weighted by Gasteiger charge is -2.08. The molecule has 19 heavy (non-hydrogen) atoms. The molecule has 2 aromatic carbocycles. The van der Waals surface area contributed by atoms with Gasteiger partial charge in [0.1, 0.15) is 0 Å². The van der Waals surface area contributed by atoms with E-state index in [0.717, 1.165) is 0 Å². The summed E-state index contributed by atoms with van der Waals surface area (Å²) in [5.41, 5.74) is 0.616. The first-order chi connectivity index (χ1) is 8.90. The van der Waals surface area contributed by atoms with Gasteiger partial charge in [0.15, 0.2) is 5.78 Å². The summed E-state index contributed by atoms with van der Waals surface area (Å²) in [6.45, 7) is 0. The molecule has 6 heteroatoms. The number of rotatable bonds is 2. The number of carbonyl (C=O) groups excluding carboxylic acids is 1. The standard InChI is InChI=1S/C13H5BrCl4O/c14-8-2-1-6(3-9(8)16)13(19)12-10(17)4-7(15)5-11(12)18/h1-5H. The van der Waals surface area contributed by atoms with Gasteiger partial charge in [-0.3, -0.25) is 4.79 Å². The summed E-state index contributed by atoms with van der Waals surface area (Å²) in [6, 6.07) is 7.83. The van der Waals surface area contributed by atoms with Crippen LogP contribution in [0.15, 0.2) is 34.8 Å². The van der Waals surface area contributed by atoms with E-state index in [1.54, 1.807) is 18.2 Å². The fourth-order valence-corrected chi connectivity index (χ4v) is 2.96. The largest absolute Gasteiger partial charge is 0.288 e. The number of ketones is 1. The van der Waals surface area contributed by atoms with Gasteiger partial charge in [-0.25, -0.2) is 0 Å². The van der Waals surface area contributed by atoms with Gasteiger partial charge in [0, 0.05) is 15.1 Å². The number of halogens is 5. The number of carbonyl (C=O) groups is 1. The summed E-state index contributed by atoms with van der Waals surface area (Å²) in [5, 5.41) is 1.23. The summed E-state index contributed by atoms with van der Waals surface area (Å²) in [5.74, 6) is -0.305. The van der Waals surface area contributed by atoms with Gasteiger partial charge < -0.3 is 0 Å². The van der Waals surface area contributed by atoms with Gasteiger partial charge in [-0.15, -0.1) is 0 Å². The van der Waals surface area contributed by atoms with E-state index in [1.807, 2.05) is 0 Å². The minimum atomic E-state index is -0.305. The van der Waals surface area contributed by atoms with Crippen molar-refractivity contribution in [3.63, 3.8) is 0 Å². The third-order valence-electron chi connectivity index (χ3n) is 2.42. The second-order valence-corrected chi connectivity index (χ2v) is 6.21. The van der Waals surface area contributed by atoms with Crippen molar-refractivity contribution in [3.05, 3.63) is 66.0 Å². The van der Waals surface area contributed by atoms with Crippen LogP contribution in [0.3, 0.4) is 0 Å². The molecule has 2 rings (SSSR count). The molecule has 98 valence electrons. The van der Waals surface area contributed by atoms with Gasteiger partial charge in [0.2, 0.25) is 0 Å². The van der Waals surface area contributed by atoms with Crippen molar-refractivity contribution >= 4 is 68.1 Å². The first-order valence-corrected chi connectivity index (χ1v) is 7.35. The van der Waals surface area contributed by atoms with Crippen LogP contribution in [0, 0.1) is 0 Å². The minimum absolute atomic E-state index is 0.210. The van der Waals surface area contributed by atoms with Crippen molar-refractivity contribution in [1.82, 2.24) is 0 Å². The van der Waals surface area contributed by atoms with Crippen LogP contribution in [0.5, 0.6) is 0 Å². The summed E-state index contributed by atoms with van der Waals surface area (Å²) in [7, 11) is 0. The van der Waals surface area contributed by atoms with Crippen LogP contribution in [-0.4, -0.2) is 5.78 Å². The fourth-order valence-electron chi connectivity index (χ4n) is 1.54. The molecule has 1 nitrogen and oxygen atoms in total. The molecule has 0 aromatic heterocycles. The van der Waals surface area contributed by atoms with Crippen LogP contribution in [0.4, 0.5) is 0 Å². The Labute approximate surface area is 138 Å². The summed E-state index contributed by atoms with van der Waals surface area (Å²) < 4.78 is 0.707. The maximum atomic E-state index is 12.4. The number of hydrogen-bond donors (Lipinski definition) is 0. The first kappa shape index (κ1) is 15.1. The maximum Gasteiger partial charge on any atom is 0.196 e. The molecule has 0 spiro atoms. The molecule has 0 aliphatic heterocycles. The van der Waals surface area contributed by atoms with E-state index >= 15 is 0 Å². The highest BCUT2D eigenvalue weighted by molar-refractivity contribution is 9.10. The molecule has 0 bridgehead atoms. The van der Waals surface area contributed by atoms with Gasteiger partial charge >= 0.3 is 0 Å². The maximum absolute atomic E-state index is 12.4. The highest BCUT2D eigenvalue weighted by Gasteiger charge is 2.18. The van der Waals surface area contributed by atoms with Crippen molar-refractivity contribution < 1.29 is 4.79 Å². The molecule has 0 saturated carbocycles. The van der Waals surface area contributed by atoms with Crippen LogP contribution >= 0.6 is 62.3 Å². The molecule has 0 unspecified atom stereocenters. The lowest BCUT2D eigenvalue weighted by molar-refractivity contribution is 0.103. The van der Waals surface area contributed by atoms with E-state index in [4.69, 9.17) is 46.4 Å². The van der Waals surface area contributed by atoms with Gasteiger partial charge in [0.25, 0.3) is 0 Å². The van der Waals surface area contributed by atoms with Crippen LogP contribution in [0.2, 0.25) is 20.1 Å². The van der Waals surface area contributed by atoms with Crippen LogP contribution in [0.25, 0.3) is 0 Å². The third kappa shape index (κ3) is 3.26. The molecule has 0 amide bonds. The van der Waals surface area contributed by atoms with Crippen molar-refractivity contribution in [2.45, 2.75) is 0 Å². The zero-order chi connectivity index (χ0) is 14.2. The van der Waals surface area contributed by atoms with E-state index in [2.05, 4.69) is 15.9 Å². The Kier molecular flexibility index (Phi) is 4.80. The summed E-state index contributed by atoms with van der Waals surface area (Å²) in [6.07, 6.45) is 0. The van der Waals surface area contributed by atoms with Crippen molar-refractivity contribution in [3.8, 4) is 0 Å². The molecule has 0 heterocycles. The normalized spacial score (nSPS) is 10.6. The van der Waals surface area contributed by atoms with E-state index in [-0.39, 0.29) is 21.4 Å². The Morgan fingerprint density at radius 1 is 0.895 bits per heavy atom. The Morgan fingerprint density at radius 2 is 1.47 bits per heavy atom. The molecule has 0 aliphatic carbocycles. The van der Waals surface area contributed by atoms with E-state index in [1.165, 1.54) is 12.1 Å². The van der Waals surface area contributed by atoms with Gasteiger partial charge in [0.05, 0.1) is 20.6 Å². The molecule has 0 saturated heterocycles. The Hall–Kier alpha value is -0.250. The Balaban J connectivity index is 2.53. The zero-order valence-corrected chi connectivity index (χ0v) is 13.8. The average Bonchev–Trinajstić information content (AvgIpc) is 2.31. The predicted octanol–water partition coefficient (Wildman–Crippen LogP) is 6.29. The molecule has 0 aliphatic rings. The molecule has 0 N–H and O–H groups in total. The van der Waals surface area contributed by atoms with Crippen LogP contribution in [-0.2, 0) is 0 Å². The Morgan fingerprint density at radius 3 is 2.00 bits per heavy atom. The smallest absolute Gasteiger partial charge is 0.196 e. The number of hydrogen-bond acceptors (Lipinski definition) is 1. The quantitative estimate of drug-likeness (QED) is 0.543. The predicted molar refractivity (Wildman–Crippen MR) is 84.1 cm³/mol.